The smallest absolute Gasteiger partial charge is 0.358 e. The van der Waals surface area contributed by atoms with E-state index in [1.165, 1.54) is 19.2 Å². The predicted octanol–water partition coefficient (Wildman–Crippen LogP) is 4.99. The number of nitrogens with one attached hydrogen (secondary N) is 1. The summed E-state index contributed by atoms with van der Waals surface area (Å²) in [5, 5.41) is 3.07. The molecule has 5 nitrogen and oxygen atoms in total. The summed E-state index contributed by atoms with van der Waals surface area (Å²) in [5.41, 5.74) is 1.22. The first kappa shape index (κ1) is 19.1. The summed E-state index contributed by atoms with van der Waals surface area (Å²) in [6.45, 7) is 0.423. The molecule has 8 heteroatoms. The van der Waals surface area contributed by atoms with Crippen LogP contribution in [-0.4, -0.2) is 23.0 Å². The lowest BCUT2D eigenvalue weighted by Crippen LogP contribution is -2.11. The first-order valence-corrected chi connectivity index (χ1v) is 8.64. The summed E-state index contributed by atoms with van der Waals surface area (Å²) < 4.78 is 18.6. The molecule has 1 heterocycles. The number of ether oxygens (including phenoxy) is 1. The van der Waals surface area contributed by atoms with E-state index in [1.807, 2.05) is 30.3 Å². The monoisotopic (exact) mass is 405 g/mol. The van der Waals surface area contributed by atoms with Crippen LogP contribution >= 0.6 is 23.2 Å². The molecule has 0 spiro atoms. The minimum atomic E-state index is -0.721. The molecule has 27 heavy (non-hydrogen) atoms. The third kappa shape index (κ3) is 4.35. The van der Waals surface area contributed by atoms with Gasteiger partial charge in [-0.15, -0.1) is 0 Å². The van der Waals surface area contributed by atoms with Crippen LogP contribution in [0.3, 0.4) is 0 Å². The Morgan fingerprint density at radius 3 is 2.56 bits per heavy atom. The molecule has 0 amide bonds. The third-order valence-corrected chi connectivity index (χ3v) is 4.38. The van der Waals surface area contributed by atoms with Crippen LogP contribution < -0.4 is 5.32 Å². The van der Waals surface area contributed by atoms with E-state index >= 15 is 0 Å². The Kier molecular flexibility index (Phi) is 5.88. The summed E-state index contributed by atoms with van der Waals surface area (Å²) >= 11 is 12.0. The van der Waals surface area contributed by atoms with Gasteiger partial charge >= 0.3 is 5.97 Å². The topological polar surface area (TPSA) is 64.1 Å². The van der Waals surface area contributed by atoms with E-state index in [9.17, 15) is 9.18 Å². The van der Waals surface area contributed by atoms with Crippen LogP contribution in [0.25, 0.3) is 11.4 Å². The Bertz CT molecular complexity index is 984. The van der Waals surface area contributed by atoms with Gasteiger partial charge in [0.2, 0.25) is 0 Å². The molecule has 138 valence electrons. The summed E-state index contributed by atoms with van der Waals surface area (Å²) in [7, 11) is 1.22. The average Bonchev–Trinajstić information content (AvgIpc) is 2.69. The van der Waals surface area contributed by atoms with E-state index in [4.69, 9.17) is 27.9 Å². The molecular formula is C19H14Cl2FN3O2. The zero-order valence-electron chi connectivity index (χ0n) is 14.2. The highest BCUT2D eigenvalue weighted by Crippen LogP contribution is 2.29. The number of anilines is 1. The minimum absolute atomic E-state index is 0.0240. The van der Waals surface area contributed by atoms with E-state index in [0.717, 1.165) is 5.56 Å². The van der Waals surface area contributed by atoms with Crippen molar-refractivity contribution in [2.45, 2.75) is 6.54 Å². The Morgan fingerprint density at radius 2 is 1.89 bits per heavy atom. The number of hydrogen-bond donors (Lipinski definition) is 1. The quantitative estimate of drug-likeness (QED) is 0.605. The highest BCUT2D eigenvalue weighted by molar-refractivity contribution is 6.35. The fourth-order valence-electron chi connectivity index (χ4n) is 2.34. The number of halogens is 3. The number of hydrogen-bond acceptors (Lipinski definition) is 5. The predicted molar refractivity (Wildman–Crippen MR) is 103 cm³/mol. The summed E-state index contributed by atoms with van der Waals surface area (Å²) in [6.07, 6.45) is 0. The van der Waals surface area contributed by atoms with Crippen LogP contribution in [0, 0.1) is 5.82 Å². The van der Waals surface area contributed by atoms with Gasteiger partial charge in [0.15, 0.2) is 11.5 Å². The highest BCUT2D eigenvalue weighted by Gasteiger charge is 2.20. The normalized spacial score (nSPS) is 10.5. The second kappa shape index (κ2) is 8.33. The van der Waals surface area contributed by atoms with Gasteiger partial charge in [0.05, 0.1) is 12.1 Å². The molecule has 0 aliphatic rings. The Labute approximate surface area is 165 Å². The first-order valence-electron chi connectivity index (χ1n) is 7.88. The van der Waals surface area contributed by atoms with Crippen LogP contribution in [0.1, 0.15) is 16.1 Å². The largest absolute Gasteiger partial charge is 0.464 e. The van der Waals surface area contributed by atoms with E-state index < -0.39 is 11.8 Å². The van der Waals surface area contributed by atoms with Crippen LogP contribution in [-0.2, 0) is 11.3 Å². The van der Waals surface area contributed by atoms with Crippen molar-refractivity contribution in [1.82, 2.24) is 9.97 Å². The van der Waals surface area contributed by atoms with Crippen molar-refractivity contribution in [2.24, 2.45) is 0 Å². The molecule has 0 radical (unpaired) electrons. The molecule has 1 aromatic heterocycles. The molecule has 0 atom stereocenters. The maximum atomic E-state index is 13.8. The second-order valence-electron chi connectivity index (χ2n) is 5.52. The number of aromatic nitrogens is 2. The van der Waals surface area contributed by atoms with Crippen LogP contribution in [0.15, 0.2) is 48.5 Å². The fourth-order valence-corrected chi connectivity index (χ4v) is 2.69. The van der Waals surface area contributed by atoms with Gasteiger partial charge in [-0.05, 0) is 23.8 Å². The van der Waals surface area contributed by atoms with Crippen molar-refractivity contribution in [3.63, 3.8) is 0 Å². The molecule has 0 fully saturated rings. The SMILES string of the molecule is COC(=O)c1nc(-c2ccc(Cl)c(F)c2)nc(NCc2ccccc2)c1Cl. The van der Waals surface area contributed by atoms with Crippen LogP contribution in [0.2, 0.25) is 10.0 Å². The van der Waals surface area contributed by atoms with Gasteiger partial charge in [0.1, 0.15) is 16.7 Å². The lowest BCUT2D eigenvalue weighted by Gasteiger charge is -2.12. The summed E-state index contributed by atoms with van der Waals surface area (Å²) in [4.78, 5) is 20.5. The first-order chi connectivity index (χ1) is 13.0. The van der Waals surface area contributed by atoms with Crippen molar-refractivity contribution in [1.29, 1.82) is 0 Å². The lowest BCUT2D eigenvalue weighted by atomic mass is 10.2. The zero-order chi connectivity index (χ0) is 19.4. The van der Waals surface area contributed by atoms with Gasteiger partial charge in [0, 0.05) is 12.1 Å². The van der Waals surface area contributed by atoms with E-state index in [2.05, 4.69) is 15.3 Å². The number of methoxy groups -OCH3 is 1. The van der Waals surface area contributed by atoms with E-state index in [1.54, 1.807) is 6.07 Å². The van der Waals surface area contributed by atoms with Gasteiger partial charge in [-0.25, -0.2) is 19.2 Å². The average molecular weight is 406 g/mol. The maximum absolute atomic E-state index is 13.8. The molecule has 0 aliphatic carbocycles. The van der Waals surface area contributed by atoms with Gasteiger partial charge in [-0.2, -0.15) is 0 Å². The standard InChI is InChI=1S/C19H14Cl2FN3O2/c1-27-19(26)16-15(21)18(23-10-11-5-3-2-4-6-11)25-17(24-16)12-7-8-13(20)14(22)9-12/h2-9H,10H2,1H3,(H,23,24,25). The minimum Gasteiger partial charge on any atom is -0.464 e. The molecule has 2 aromatic carbocycles. The lowest BCUT2D eigenvalue weighted by molar-refractivity contribution is 0.0594. The maximum Gasteiger partial charge on any atom is 0.358 e. The van der Waals surface area contributed by atoms with E-state index in [0.29, 0.717) is 12.1 Å². The van der Waals surface area contributed by atoms with Gasteiger partial charge in [-0.3, -0.25) is 0 Å². The number of carbonyl (C=O) groups is 1. The molecular weight excluding hydrogens is 392 g/mol. The van der Waals surface area contributed by atoms with Crippen molar-refractivity contribution >= 4 is 35.0 Å². The molecule has 1 N–H and O–H groups in total. The van der Waals surface area contributed by atoms with Crippen LogP contribution in [0.5, 0.6) is 0 Å². The van der Waals surface area contributed by atoms with Crippen molar-refractivity contribution in [3.05, 3.63) is 75.7 Å². The summed E-state index contributed by atoms with van der Waals surface area (Å²) in [6, 6.07) is 13.7. The van der Waals surface area contributed by atoms with Crippen molar-refractivity contribution < 1.29 is 13.9 Å². The van der Waals surface area contributed by atoms with Crippen molar-refractivity contribution in [3.8, 4) is 11.4 Å². The summed E-state index contributed by atoms with van der Waals surface area (Å²) in [5.74, 6) is -0.987. The van der Waals surface area contributed by atoms with Crippen molar-refractivity contribution in [2.75, 3.05) is 12.4 Å². The highest BCUT2D eigenvalue weighted by atomic mass is 35.5. The number of nitrogens with zero attached hydrogens (tertiary/aromatic N) is 2. The molecule has 3 rings (SSSR count). The van der Waals surface area contributed by atoms with E-state index in [-0.39, 0.29) is 27.4 Å². The number of carbonyl (C=O) groups excluding carboxylic acids is 1. The third-order valence-electron chi connectivity index (χ3n) is 3.71. The molecule has 3 aromatic rings. The zero-order valence-corrected chi connectivity index (χ0v) is 15.7. The molecule has 0 unspecified atom stereocenters. The number of esters is 1. The molecule has 0 saturated heterocycles. The second-order valence-corrected chi connectivity index (χ2v) is 6.30. The molecule has 0 aliphatic heterocycles. The molecule has 0 saturated carbocycles. The van der Waals surface area contributed by atoms with Gasteiger partial charge in [-0.1, -0.05) is 53.5 Å². The number of rotatable bonds is 5. The Hall–Kier alpha value is -2.70. The molecule has 0 bridgehead atoms. The fraction of sp³-hybridized carbons (Fsp3) is 0.105. The Balaban J connectivity index is 2.03. The Morgan fingerprint density at radius 1 is 1.15 bits per heavy atom. The van der Waals surface area contributed by atoms with Crippen LogP contribution in [0.4, 0.5) is 10.2 Å². The number of benzene rings is 2. The van der Waals surface area contributed by atoms with Gasteiger partial charge in [0.25, 0.3) is 0 Å². The van der Waals surface area contributed by atoms with Gasteiger partial charge < -0.3 is 10.1 Å².